The standard InChI is InChI=1S/C22H19Cl2NO3/c1-22(2)17(12-19(23)24)20(22)21(26)28-18(13-25)14-7-6-10-16(11-14)27-15-8-4-3-5-9-15/h3-12,17-18,20H,1-2H3/t17?,18-,20?/m0/s1. The van der Waals surface area contributed by atoms with Crippen LogP contribution in [0, 0.1) is 28.6 Å². The number of para-hydroxylation sites is 1. The molecule has 0 radical (unpaired) electrons. The van der Waals surface area contributed by atoms with E-state index in [0.29, 0.717) is 17.1 Å². The van der Waals surface area contributed by atoms with Crippen LogP contribution in [0.2, 0.25) is 0 Å². The molecule has 2 aromatic carbocycles. The molecule has 1 aliphatic rings. The fraction of sp³-hybridized carbons (Fsp3) is 0.273. The lowest BCUT2D eigenvalue weighted by molar-refractivity contribution is -0.149. The number of hydrogen-bond acceptors (Lipinski definition) is 4. The average Bonchev–Trinajstić information content (AvgIpc) is 3.20. The summed E-state index contributed by atoms with van der Waals surface area (Å²) >= 11 is 11.5. The third-order valence-electron chi connectivity index (χ3n) is 4.96. The van der Waals surface area contributed by atoms with E-state index in [2.05, 4.69) is 0 Å². The number of carbonyl (C=O) groups is 1. The molecule has 0 saturated heterocycles. The monoisotopic (exact) mass is 415 g/mol. The predicted molar refractivity (Wildman–Crippen MR) is 108 cm³/mol. The first-order valence-electron chi connectivity index (χ1n) is 8.78. The van der Waals surface area contributed by atoms with Crippen molar-refractivity contribution in [2.45, 2.75) is 20.0 Å². The minimum atomic E-state index is -1.03. The van der Waals surface area contributed by atoms with Gasteiger partial charge in [0, 0.05) is 5.56 Å². The van der Waals surface area contributed by atoms with Crippen molar-refractivity contribution in [3.8, 4) is 17.6 Å². The average molecular weight is 416 g/mol. The van der Waals surface area contributed by atoms with Crippen LogP contribution in [0.15, 0.2) is 65.2 Å². The van der Waals surface area contributed by atoms with Gasteiger partial charge < -0.3 is 9.47 Å². The molecule has 1 aliphatic carbocycles. The molecule has 1 fully saturated rings. The molecule has 2 unspecified atom stereocenters. The van der Waals surface area contributed by atoms with Crippen LogP contribution in [0.25, 0.3) is 0 Å². The fourth-order valence-electron chi connectivity index (χ4n) is 3.30. The van der Waals surface area contributed by atoms with Crippen molar-refractivity contribution in [3.05, 3.63) is 70.7 Å². The van der Waals surface area contributed by atoms with E-state index < -0.39 is 12.1 Å². The number of halogens is 2. The van der Waals surface area contributed by atoms with Crippen LogP contribution in [0.1, 0.15) is 25.5 Å². The molecular formula is C22H19Cl2NO3. The topological polar surface area (TPSA) is 59.3 Å². The van der Waals surface area contributed by atoms with Gasteiger partial charge in [-0.15, -0.1) is 0 Å². The molecule has 1 saturated carbocycles. The quantitative estimate of drug-likeness (QED) is 0.528. The smallest absolute Gasteiger partial charge is 0.311 e. The summed E-state index contributed by atoms with van der Waals surface area (Å²) in [7, 11) is 0. The van der Waals surface area contributed by atoms with Crippen molar-refractivity contribution in [1.82, 2.24) is 0 Å². The summed E-state index contributed by atoms with van der Waals surface area (Å²) in [6, 6.07) is 18.3. The van der Waals surface area contributed by atoms with E-state index in [1.54, 1.807) is 30.3 Å². The Morgan fingerprint density at radius 3 is 2.46 bits per heavy atom. The van der Waals surface area contributed by atoms with Crippen LogP contribution in [-0.4, -0.2) is 5.97 Å². The van der Waals surface area contributed by atoms with Crippen LogP contribution in [0.4, 0.5) is 0 Å². The zero-order valence-corrected chi connectivity index (χ0v) is 16.9. The van der Waals surface area contributed by atoms with Crippen LogP contribution in [0.5, 0.6) is 11.5 Å². The maximum absolute atomic E-state index is 12.6. The van der Waals surface area contributed by atoms with E-state index in [4.69, 9.17) is 32.7 Å². The van der Waals surface area contributed by atoms with Gasteiger partial charge in [-0.1, -0.05) is 67.4 Å². The SMILES string of the molecule is CC1(C)C(C=C(Cl)Cl)C1C(=O)O[C@@H](C#N)c1cccc(Oc2ccccc2)c1. The maximum atomic E-state index is 12.6. The number of benzene rings is 2. The molecule has 6 heteroatoms. The number of carbonyl (C=O) groups excluding carboxylic acids is 1. The normalized spacial score (nSPS) is 20.4. The Morgan fingerprint density at radius 2 is 1.82 bits per heavy atom. The van der Waals surface area contributed by atoms with Crippen molar-refractivity contribution >= 4 is 29.2 Å². The molecule has 0 N–H and O–H groups in total. The summed E-state index contributed by atoms with van der Waals surface area (Å²) in [5.41, 5.74) is 0.231. The Kier molecular flexibility index (Phi) is 5.98. The Balaban J connectivity index is 1.72. The minimum absolute atomic E-state index is 0.114. The van der Waals surface area contributed by atoms with Crippen molar-refractivity contribution < 1.29 is 14.3 Å². The number of esters is 1. The lowest BCUT2D eigenvalue weighted by Crippen LogP contribution is -2.14. The second-order valence-electron chi connectivity index (χ2n) is 7.21. The van der Waals surface area contributed by atoms with Crippen LogP contribution < -0.4 is 4.74 Å². The maximum Gasteiger partial charge on any atom is 0.311 e. The summed E-state index contributed by atoms with van der Waals surface area (Å²) in [6.45, 7) is 3.87. The van der Waals surface area contributed by atoms with Crippen molar-refractivity contribution in [1.29, 1.82) is 5.26 Å². The zero-order valence-electron chi connectivity index (χ0n) is 15.4. The molecule has 0 aliphatic heterocycles. The first-order chi connectivity index (χ1) is 13.3. The van der Waals surface area contributed by atoms with E-state index in [-0.39, 0.29) is 21.7 Å². The van der Waals surface area contributed by atoms with Gasteiger partial charge in [-0.05, 0) is 41.7 Å². The van der Waals surface area contributed by atoms with Crippen molar-refractivity contribution in [2.75, 3.05) is 0 Å². The second-order valence-corrected chi connectivity index (χ2v) is 8.22. The molecule has 0 bridgehead atoms. The number of ether oxygens (including phenoxy) is 2. The Morgan fingerprint density at radius 1 is 1.14 bits per heavy atom. The Hall–Kier alpha value is -2.48. The fourth-order valence-corrected chi connectivity index (χ4v) is 3.57. The molecule has 0 heterocycles. The van der Waals surface area contributed by atoms with Gasteiger partial charge in [0.25, 0.3) is 0 Å². The molecule has 0 spiro atoms. The molecule has 0 amide bonds. The highest BCUT2D eigenvalue weighted by atomic mass is 35.5. The lowest BCUT2D eigenvalue weighted by atomic mass is 10.1. The van der Waals surface area contributed by atoms with Crippen LogP contribution >= 0.6 is 23.2 Å². The number of hydrogen-bond donors (Lipinski definition) is 0. The highest BCUT2D eigenvalue weighted by Gasteiger charge is 2.62. The van der Waals surface area contributed by atoms with Gasteiger partial charge >= 0.3 is 5.97 Å². The number of rotatable bonds is 6. The number of nitriles is 1. The van der Waals surface area contributed by atoms with Gasteiger partial charge in [-0.3, -0.25) is 4.79 Å². The molecular weight excluding hydrogens is 397 g/mol. The summed E-state index contributed by atoms with van der Waals surface area (Å²) in [5, 5.41) is 9.53. The first-order valence-corrected chi connectivity index (χ1v) is 9.54. The first kappa shape index (κ1) is 20.3. The third-order valence-corrected chi connectivity index (χ3v) is 5.21. The van der Waals surface area contributed by atoms with E-state index in [9.17, 15) is 10.1 Å². The van der Waals surface area contributed by atoms with Gasteiger partial charge in [0.2, 0.25) is 6.10 Å². The van der Waals surface area contributed by atoms with Gasteiger partial charge in [-0.25, -0.2) is 0 Å². The minimum Gasteiger partial charge on any atom is -0.457 e. The number of nitrogens with zero attached hydrogens (tertiary/aromatic N) is 1. The second kappa shape index (κ2) is 8.26. The third kappa shape index (κ3) is 4.49. The van der Waals surface area contributed by atoms with E-state index in [1.807, 2.05) is 50.2 Å². The predicted octanol–water partition coefficient (Wildman–Crippen LogP) is 6.18. The van der Waals surface area contributed by atoms with Crippen molar-refractivity contribution in [3.63, 3.8) is 0 Å². The molecule has 28 heavy (non-hydrogen) atoms. The lowest BCUT2D eigenvalue weighted by Gasteiger charge is -2.13. The zero-order chi connectivity index (χ0) is 20.3. The highest BCUT2D eigenvalue weighted by molar-refractivity contribution is 6.55. The highest BCUT2D eigenvalue weighted by Crippen LogP contribution is 2.60. The Bertz CT molecular complexity index is 930. The molecule has 3 atom stereocenters. The summed E-state index contributed by atoms with van der Waals surface area (Å²) < 4.78 is 11.4. The summed E-state index contributed by atoms with van der Waals surface area (Å²) in [5.74, 6) is 0.289. The van der Waals surface area contributed by atoms with Gasteiger partial charge in [0.05, 0.1) is 5.92 Å². The molecule has 0 aromatic heterocycles. The molecule has 2 aromatic rings. The largest absolute Gasteiger partial charge is 0.457 e. The van der Waals surface area contributed by atoms with Crippen LogP contribution in [0.3, 0.4) is 0 Å². The number of allylic oxidation sites excluding steroid dienone is 1. The summed E-state index contributed by atoms with van der Waals surface area (Å²) in [4.78, 5) is 12.6. The molecule has 144 valence electrons. The molecule has 4 nitrogen and oxygen atoms in total. The molecule has 3 rings (SSSR count). The van der Waals surface area contributed by atoms with E-state index in [0.717, 1.165) is 0 Å². The van der Waals surface area contributed by atoms with E-state index >= 15 is 0 Å². The van der Waals surface area contributed by atoms with Gasteiger partial charge in [0.15, 0.2) is 0 Å². The van der Waals surface area contributed by atoms with E-state index in [1.165, 1.54) is 0 Å². The Labute approximate surface area is 174 Å². The summed E-state index contributed by atoms with van der Waals surface area (Å²) in [6.07, 6.45) is 0.615. The van der Waals surface area contributed by atoms with Gasteiger partial charge in [-0.2, -0.15) is 5.26 Å². The van der Waals surface area contributed by atoms with Crippen LogP contribution in [-0.2, 0) is 9.53 Å². The van der Waals surface area contributed by atoms with Gasteiger partial charge in [0.1, 0.15) is 22.1 Å². The van der Waals surface area contributed by atoms with Crippen molar-refractivity contribution in [2.24, 2.45) is 17.3 Å².